The second kappa shape index (κ2) is 10.2. The molecule has 32 heavy (non-hydrogen) atoms. The minimum Gasteiger partial charge on any atom is -0.344 e. The van der Waals surface area contributed by atoms with Crippen molar-refractivity contribution < 1.29 is 9.59 Å². The first-order valence-electron chi connectivity index (χ1n) is 10.9. The Morgan fingerprint density at radius 3 is 2.31 bits per heavy atom. The smallest absolute Gasteiger partial charge is 0.251 e. The number of hydrogen-bond acceptors (Lipinski definition) is 4. The van der Waals surface area contributed by atoms with Crippen molar-refractivity contribution in [3.8, 4) is 11.1 Å². The number of hydrogen-bond donors (Lipinski definition) is 1. The van der Waals surface area contributed by atoms with Crippen molar-refractivity contribution in [2.75, 3.05) is 11.4 Å². The third-order valence-electron chi connectivity index (χ3n) is 5.33. The highest BCUT2D eigenvalue weighted by molar-refractivity contribution is 6.00. The monoisotopic (exact) mass is 430 g/mol. The largest absolute Gasteiger partial charge is 0.344 e. The summed E-state index contributed by atoms with van der Waals surface area (Å²) in [5.74, 6) is -0.355. The molecule has 2 aromatic carbocycles. The molecule has 0 fully saturated rings. The zero-order chi connectivity index (χ0) is 23.3. The molecule has 0 saturated carbocycles. The Morgan fingerprint density at radius 2 is 1.72 bits per heavy atom. The number of anilines is 1. The van der Waals surface area contributed by atoms with E-state index in [0.717, 1.165) is 16.7 Å². The van der Waals surface area contributed by atoms with Crippen molar-refractivity contribution in [3.63, 3.8) is 0 Å². The topological polar surface area (TPSA) is 75.2 Å². The molecule has 0 saturated heterocycles. The second-order valence-electron chi connectivity index (χ2n) is 8.20. The molecule has 2 amide bonds. The van der Waals surface area contributed by atoms with Crippen molar-refractivity contribution in [3.05, 3.63) is 77.9 Å². The van der Waals surface area contributed by atoms with Gasteiger partial charge in [-0.25, -0.2) is 0 Å². The number of rotatable bonds is 7. The summed E-state index contributed by atoms with van der Waals surface area (Å²) in [6.45, 7) is 10.1. The van der Waals surface area contributed by atoms with E-state index in [0.29, 0.717) is 23.5 Å². The van der Waals surface area contributed by atoms with Crippen LogP contribution in [-0.2, 0) is 4.79 Å². The molecule has 0 aliphatic rings. The highest BCUT2D eigenvalue weighted by atomic mass is 16.2. The molecule has 0 aliphatic carbocycles. The lowest BCUT2D eigenvalue weighted by Gasteiger charge is -2.25. The summed E-state index contributed by atoms with van der Waals surface area (Å²) >= 11 is 0. The van der Waals surface area contributed by atoms with Gasteiger partial charge < -0.3 is 10.2 Å². The number of aromatic nitrogens is 2. The average molecular weight is 431 g/mol. The van der Waals surface area contributed by atoms with Gasteiger partial charge in [0.2, 0.25) is 5.91 Å². The summed E-state index contributed by atoms with van der Waals surface area (Å²) in [4.78, 5) is 36.1. The Kier molecular flexibility index (Phi) is 7.36. The number of carbonyl (C=O) groups excluding carboxylic acids is 2. The van der Waals surface area contributed by atoms with E-state index in [1.54, 1.807) is 29.6 Å². The van der Waals surface area contributed by atoms with Crippen LogP contribution < -0.4 is 10.2 Å². The van der Waals surface area contributed by atoms with Crippen LogP contribution in [0.4, 0.5) is 5.69 Å². The summed E-state index contributed by atoms with van der Waals surface area (Å²) in [5, 5.41) is 2.99. The fourth-order valence-corrected chi connectivity index (χ4v) is 3.48. The molecule has 166 valence electrons. The van der Waals surface area contributed by atoms with Crippen molar-refractivity contribution >= 4 is 17.5 Å². The molecule has 0 spiro atoms. The molecule has 3 rings (SSSR count). The van der Waals surface area contributed by atoms with E-state index in [4.69, 9.17) is 0 Å². The number of nitrogens with one attached hydrogen (secondary N) is 1. The van der Waals surface area contributed by atoms with Gasteiger partial charge in [-0.3, -0.25) is 19.6 Å². The first-order chi connectivity index (χ1) is 15.3. The average Bonchev–Trinajstić information content (AvgIpc) is 2.80. The maximum Gasteiger partial charge on any atom is 0.251 e. The van der Waals surface area contributed by atoms with Gasteiger partial charge in [0, 0.05) is 36.1 Å². The predicted molar refractivity (Wildman–Crippen MR) is 127 cm³/mol. The van der Waals surface area contributed by atoms with Crippen molar-refractivity contribution in [2.45, 2.75) is 40.7 Å². The standard InChI is InChI=1S/C26H30N4O2/c1-6-30(26(32)17(2)3)23-14-21(20-9-7-18(4)8-10-20)13-22(15-23)25(31)29-19(5)24-16-27-11-12-28-24/h7-17,19H,6H2,1-5H3,(H,29,31). The van der Waals surface area contributed by atoms with Crippen LogP contribution in [0, 0.1) is 12.8 Å². The number of benzene rings is 2. The highest BCUT2D eigenvalue weighted by Gasteiger charge is 2.21. The minimum atomic E-state index is -0.303. The molecule has 6 nitrogen and oxygen atoms in total. The Labute approximate surface area is 189 Å². The SMILES string of the molecule is CCN(C(=O)C(C)C)c1cc(C(=O)NC(C)c2cnccn2)cc(-c2ccc(C)cc2)c1. The maximum atomic E-state index is 13.2. The van der Waals surface area contributed by atoms with Gasteiger partial charge in [-0.2, -0.15) is 0 Å². The van der Waals surface area contributed by atoms with Crippen LogP contribution in [0.3, 0.4) is 0 Å². The number of nitrogens with zero attached hydrogens (tertiary/aromatic N) is 3. The fraction of sp³-hybridized carbons (Fsp3) is 0.308. The lowest BCUT2D eigenvalue weighted by molar-refractivity contribution is -0.121. The van der Waals surface area contributed by atoms with E-state index >= 15 is 0 Å². The molecule has 3 aromatic rings. The molecule has 0 aliphatic heterocycles. The van der Waals surface area contributed by atoms with E-state index in [2.05, 4.69) is 15.3 Å². The minimum absolute atomic E-state index is 0.0212. The van der Waals surface area contributed by atoms with Gasteiger partial charge in [-0.1, -0.05) is 43.7 Å². The zero-order valence-electron chi connectivity index (χ0n) is 19.3. The molecular formula is C26H30N4O2. The third kappa shape index (κ3) is 5.38. The van der Waals surface area contributed by atoms with E-state index in [-0.39, 0.29) is 23.8 Å². The normalized spacial score (nSPS) is 11.8. The van der Waals surface area contributed by atoms with Crippen LogP contribution >= 0.6 is 0 Å². The summed E-state index contributed by atoms with van der Waals surface area (Å²) in [5.41, 5.74) is 4.91. The van der Waals surface area contributed by atoms with Gasteiger partial charge in [0.25, 0.3) is 5.91 Å². The van der Waals surface area contributed by atoms with Crippen molar-refractivity contribution in [2.24, 2.45) is 5.92 Å². The molecule has 6 heteroatoms. The van der Waals surface area contributed by atoms with Crippen LogP contribution in [0.5, 0.6) is 0 Å². The molecule has 1 atom stereocenters. The first-order valence-corrected chi connectivity index (χ1v) is 10.9. The molecule has 1 heterocycles. The lowest BCUT2D eigenvalue weighted by atomic mass is 9.99. The van der Waals surface area contributed by atoms with E-state index in [1.165, 1.54) is 0 Å². The van der Waals surface area contributed by atoms with Gasteiger partial charge in [0.15, 0.2) is 0 Å². The summed E-state index contributed by atoms with van der Waals surface area (Å²) in [7, 11) is 0. The quantitative estimate of drug-likeness (QED) is 0.575. The third-order valence-corrected chi connectivity index (χ3v) is 5.33. The van der Waals surface area contributed by atoms with Crippen LogP contribution in [0.2, 0.25) is 0 Å². The van der Waals surface area contributed by atoms with Crippen LogP contribution in [0.15, 0.2) is 61.1 Å². The van der Waals surface area contributed by atoms with E-state index in [9.17, 15) is 9.59 Å². The van der Waals surface area contributed by atoms with Gasteiger partial charge in [0.1, 0.15) is 0 Å². The van der Waals surface area contributed by atoms with Crippen LogP contribution in [-0.4, -0.2) is 28.3 Å². The van der Waals surface area contributed by atoms with Crippen molar-refractivity contribution in [1.82, 2.24) is 15.3 Å². The Balaban J connectivity index is 2.02. The summed E-state index contributed by atoms with van der Waals surface area (Å²) < 4.78 is 0. The Morgan fingerprint density at radius 1 is 1.00 bits per heavy atom. The Hall–Kier alpha value is -3.54. The summed E-state index contributed by atoms with van der Waals surface area (Å²) in [6, 6.07) is 13.4. The molecule has 1 N–H and O–H groups in total. The first kappa shape index (κ1) is 23.1. The van der Waals surface area contributed by atoms with Crippen LogP contribution in [0.25, 0.3) is 11.1 Å². The van der Waals surface area contributed by atoms with E-state index in [1.807, 2.05) is 71.0 Å². The van der Waals surface area contributed by atoms with Gasteiger partial charge in [0.05, 0.1) is 17.9 Å². The molecular weight excluding hydrogens is 400 g/mol. The van der Waals surface area contributed by atoms with Gasteiger partial charge in [-0.05, 0) is 50.1 Å². The molecule has 0 radical (unpaired) electrons. The number of carbonyl (C=O) groups is 2. The number of aryl methyl sites for hydroxylation is 1. The fourth-order valence-electron chi connectivity index (χ4n) is 3.48. The maximum absolute atomic E-state index is 13.2. The van der Waals surface area contributed by atoms with E-state index < -0.39 is 0 Å². The van der Waals surface area contributed by atoms with Crippen molar-refractivity contribution in [1.29, 1.82) is 0 Å². The van der Waals surface area contributed by atoms with Crippen LogP contribution in [0.1, 0.15) is 55.4 Å². The molecule has 1 unspecified atom stereocenters. The van der Waals surface area contributed by atoms with Gasteiger partial charge in [-0.15, -0.1) is 0 Å². The summed E-state index contributed by atoms with van der Waals surface area (Å²) in [6.07, 6.45) is 4.84. The Bertz CT molecular complexity index is 1080. The second-order valence-corrected chi connectivity index (χ2v) is 8.20. The molecule has 1 aromatic heterocycles. The molecule has 0 bridgehead atoms. The number of amides is 2. The highest BCUT2D eigenvalue weighted by Crippen LogP contribution is 2.28. The zero-order valence-corrected chi connectivity index (χ0v) is 19.3. The van der Waals surface area contributed by atoms with Gasteiger partial charge >= 0.3 is 0 Å². The predicted octanol–water partition coefficient (Wildman–Crippen LogP) is 4.95. The lowest BCUT2D eigenvalue weighted by Crippen LogP contribution is -2.34.